The Balaban J connectivity index is 1.47. The van der Waals surface area contributed by atoms with E-state index in [-0.39, 0.29) is 0 Å². The monoisotopic (exact) mass is 426 g/mol. The first-order chi connectivity index (χ1) is 16.3. The van der Waals surface area contributed by atoms with Gasteiger partial charge in [0.05, 0.1) is 5.69 Å². The molecule has 33 heavy (non-hydrogen) atoms. The lowest BCUT2D eigenvalue weighted by atomic mass is 9.99. The second-order valence-corrected chi connectivity index (χ2v) is 7.60. The zero-order valence-corrected chi connectivity index (χ0v) is 18.0. The van der Waals surface area contributed by atoms with Crippen molar-refractivity contribution in [3.05, 3.63) is 133 Å². The van der Waals surface area contributed by atoms with Gasteiger partial charge in [-0.2, -0.15) is 0 Å². The van der Waals surface area contributed by atoms with Gasteiger partial charge in [-0.3, -0.25) is 4.98 Å². The van der Waals surface area contributed by atoms with Crippen molar-refractivity contribution in [3.63, 3.8) is 0 Å². The van der Waals surface area contributed by atoms with E-state index in [1.807, 2.05) is 66.7 Å². The maximum atomic E-state index is 6.06. The van der Waals surface area contributed by atoms with Crippen LogP contribution in [-0.4, -0.2) is 9.97 Å². The van der Waals surface area contributed by atoms with Crippen molar-refractivity contribution in [1.29, 1.82) is 0 Å². The van der Waals surface area contributed by atoms with Gasteiger partial charge in [0.1, 0.15) is 5.75 Å². The Bertz CT molecular complexity index is 1350. The van der Waals surface area contributed by atoms with E-state index in [0.717, 1.165) is 33.7 Å². The molecule has 0 bridgehead atoms. The molecule has 0 aliphatic heterocycles. The van der Waals surface area contributed by atoms with Gasteiger partial charge in [0.25, 0.3) is 0 Å². The Labute approximate surface area is 193 Å². The summed E-state index contributed by atoms with van der Waals surface area (Å²) in [6, 6.07) is 36.5. The van der Waals surface area contributed by atoms with Gasteiger partial charge < -0.3 is 4.74 Å². The summed E-state index contributed by atoms with van der Waals surface area (Å²) < 4.78 is 6.06. The predicted octanol–water partition coefficient (Wildman–Crippen LogP) is 7.77. The van der Waals surface area contributed by atoms with E-state index in [0.29, 0.717) is 5.88 Å². The van der Waals surface area contributed by atoms with E-state index >= 15 is 0 Å². The van der Waals surface area contributed by atoms with E-state index in [1.165, 1.54) is 5.56 Å². The molecular formula is C30H22N2O. The SMILES string of the molecule is C(=C\c1ccc(-c2cc(Oc3ccccn3)cc(-c3ccccn3)c2)cc1)/c1ccccc1. The van der Waals surface area contributed by atoms with Gasteiger partial charge in [0.2, 0.25) is 5.88 Å². The first kappa shape index (κ1) is 20.4. The lowest BCUT2D eigenvalue weighted by Gasteiger charge is -2.11. The quantitative estimate of drug-likeness (QED) is 0.260. The van der Waals surface area contributed by atoms with Crippen molar-refractivity contribution in [1.82, 2.24) is 9.97 Å². The van der Waals surface area contributed by atoms with Gasteiger partial charge in [0.15, 0.2) is 0 Å². The van der Waals surface area contributed by atoms with Crippen molar-refractivity contribution >= 4 is 12.2 Å². The molecular weight excluding hydrogens is 404 g/mol. The van der Waals surface area contributed by atoms with Crippen LogP contribution in [0.15, 0.2) is 122 Å². The molecule has 3 nitrogen and oxygen atoms in total. The van der Waals surface area contributed by atoms with Crippen LogP contribution in [0.2, 0.25) is 0 Å². The molecule has 158 valence electrons. The molecule has 0 saturated heterocycles. The number of ether oxygens (including phenoxy) is 1. The minimum Gasteiger partial charge on any atom is -0.439 e. The summed E-state index contributed by atoms with van der Waals surface area (Å²) in [5.41, 5.74) is 6.38. The minimum atomic E-state index is 0.558. The summed E-state index contributed by atoms with van der Waals surface area (Å²) in [5.74, 6) is 1.28. The molecule has 0 saturated carbocycles. The molecule has 0 radical (unpaired) electrons. The van der Waals surface area contributed by atoms with Crippen LogP contribution in [0.25, 0.3) is 34.5 Å². The molecule has 0 aliphatic carbocycles. The van der Waals surface area contributed by atoms with Crippen molar-refractivity contribution in [2.75, 3.05) is 0 Å². The van der Waals surface area contributed by atoms with Crippen LogP contribution < -0.4 is 4.74 Å². The fraction of sp³-hybridized carbons (Fsp3) is 0. The Morgan fingerprint density at radius 1 is 0.515 bits per heavy atom. The summed E-state index contributed by atoms with van der Waals surface area (Å²) in [4.78, 5) is 8.81. The van der Waals surface area contributed by atoms with Crippen LogP contribution in [0.3, 0.4) is 0 Å². The van der Waals surface area contributed by atoms with Gasteiger partial charge in [-0.25, -0.2) is 4.98 Å². The second-order valence-electron chi connectivity index (χ2n) is 7.60. The lowest BCUT2D eigenvalue weighted by molar-refractivity contribution is 0.463. The van der Waals surface area contributed by atoms with Gasteiger partial charge in [-0.1, -0.05) is 78.9 Å². The normalized spacial score (nSPS) is 10.9. The van der Waals surface area contributed by atoms with E-state index in [1.54, 1.807) is 12.4 Å². The molecule has 5 rings (SSSR count). The van der Waals surface area contributed by atoms with Crippen LogP contribution in [0, 0.1) is 0 Å². The molecule has 0 atom stereocenters. The number of benzene rings is 3. The number of hydrogen-bond acceptors (Lipinski definition) is 3. The minimum absolute atomic E-state index is 0.558. The van der Waals surface area contributed by atoms with E-state index < -0.39 is 0 Å². The maximum Gasteiger partial charge on any atom is 0.219 e. The molecule has 5 aromatic rings. The highest BCUT2D eigenvalue weighted by molar-refractivity contribution is 5.76. The van der Waals surface area contributed by atoms with Crippen LogP contribution in [0.1, 0.15) is 11.1 Å². The fourth-order valence-electron chi connectivity index (χ4n) is 3.58. The Hall–Kier alpha value is -4.50. The fourth-order valence-corrected chi connectivity index (χ4v) is 3.58. The highest BCUT2D eigenvalue weighted by Crippen LogP contribution is 2.32. The number of aromatic nitrogens is 2. The summed E-state index contributed by atoms with van der Waals surface area (Å²) in [6.45, 7) is 0. The van der Waals surface area contributed by atoms with Gasteiger partial charge in [-0.15, -0.1) is 0 Å². The molecule has 0 aliphatic rings. The second kappa shape index (κ2) is 9.75. The van der Waals surface area contributed by atoms with Crippen LogP contribution in [-0.2, 0) is 0 Å². The third-order valence-electron chi connectivity index (χ3n) is 5.24. The lowest BCUT2D eigenvalue weighted by Crippen LogP contribution is -1.90. The van der Waals surface area contributed by atoms with Gasteiger partial charge in [-0.05, 0) is 58.7 Å². The van der Waals surface area contributed by atoms with Gasteiger partial charge >= 0.3 is 0 Å². The average Bonchev–Trinajstić information content (AvgIpc) is 2.89. The van der Waals surface area contributed by atoms with Crippen LogP contribution in [0.5, 0.6) is 11.6 Å². The highest BCUT2D eigenvalue weighted by atomic mass is 16.5. The molecule has 0 N–H and O–H groups in total. The maximum absolute atomic E-state index is 6.06. The van der Waals surface area contributed by atoms with E-state index in [4.69, 9.17) is 4.74 Å². The van der Waals surface area contributed by atoms with Crippen LogP contribution in [0.4, 0.5) is 0 Å². The predicted molar refractivity (Wildman–Crippen MR) is 135 cm³/mol. The number of rotatable bonds is 6. The number of hydrogen-bond donors (Lipinski definition) is 0. The molecule has 3 aromatic carbocycles. The largest absolute Gasteiger partial charge is 0.439 e. The molecule has 2 aromatic heterocycles. The topological polar surface area (TPSA) is 35.0 Å². The first-order valence-corrected chi connectivity index (χ1v) is 10.8. The Morgan fingerprint density at radius 3 is 1.88 bits per heavy atom. The zero-order valence-electron chi connectivity index (χ0n) is 18.0. The average molecular weight is 427 g/mol. The molecule has 0 amide bonds. The third kappa shape index (κ3) is 5.23. The highest BCUT2D eigenvalue weighted by Gasteiger charge is 2.08. The molecule has 3 heteroatoms. The molecule has 0 unspecified atom stereocenters. The molecule has 2 heterocycles. The van der Waals surface area contributed by atoms with Crippen molar-refractivity contribution < 1.29 is 4.74 Å². The van der Waals surface area contributed by atoms with Crippen molar-refractivity contribution in [2.45, 2.75) is 0 Å². The van der Waals surface area contributed by atoms with E-state index in [2.05, 4.69) is 64.6 Å². The summed E-state index contributed by atoms with van der Waals surface area (Å²) in [6.07, 6.45) is 7.77. The zero-order chi connectivity index (χ0) is 22.3. The molecule has 0 spiro atoms. The summed E-state index contributed by atoms with van der Waals surface area (Å²) in [7, 11) is 0. The molecule has 0 fully saturated rings. The van der Waals surface area contributed by atoms with Crippen molar-refractivity contribution in [2.24, 2.45) is 0 Å². The summed E-state index contributed by atoms with van der Waals surface area (Å²) >= 11 is 0. The summed E-state index contributed by atoms with van der Waals surface area (Å²) in [5, 5.41) is 0. The van der Waals surface area contributed by atoms with E-state index in [9.17, 15) is 0 Å². The first-order valence-electron chi connectivity index (χ1n) is 10.8. The van der Waals surface area contributed by atoms with Gasteiger partial charge in [0, 0.05) is 24.0 Å². The Morgan fingerprint density at radius 2 is 1.18 bits per heavy atom. The Kier molecular flexibility index (Phi) is 6.03. The van der Waals surface area contributed by atoms with Crippen LogP contribution >= 0.6 is 0 Å². The van der Waals surface area contributed by atoms with Crippen molar-refractivity contribution in [3.8, 4) is 34.0 Å². The number of nitrogens with zero attached hydrogens (tertiary/aromatic N) is 2. The third-order valence-corrected chi connectivity index (χ3v) is 5.24. The smallest absolute Gasteiger partial charge is 0.219 e. The standard InChI is InChI=1S/C30H22N2O/c1-2-8-23(9-3-1)12-13-24-14-16-25(17-15-24)26-20-27(29-10-4-6-18-31-29)22-28(21-26)33-30-11-5-7-19-32-30/h1-22H/b13-12+. The number of pyridine rings is 2.